The third-order valence-electron chi connectivity index (χ3n) is 3.45. The molecule has 0 aromatic heterocycles. The zero-order valence-electron chi connectivity index (χ0n) is 10.5. The van der Waals surface area contributed by atoms with E-state index >= 15 is 0 Å². The van der Waals surface area contributed by atoms with E-state index in [-0.39, 0.29) is 12.0 Å². The predicted octanol–water partition coefficient (Wildman–Crippen LogP) is 2.79. The largest absolute Gasteiger partial charge is 0.301 e. The molecule has 0 amide bonds. The van der Waals surface area contributed by atoms with Crippen LogP contribution in [0.2, 0.25) is 0 Å². The van der Waals surface area contributed by atoms with Gasteiger partial charge >= 0.3 is 0 Å². The Morgan fingerprint density at radius 2 is 1.63 bits per heavy atom. The summed E-state index contributed by atoms with van der Waals surface area (Å²) in [6.45, 7) is 0.530. The molecule has 3 heteroatoms. The molecule has 2 atom stereocenters. The second-order valence-electron chi connectivity index (χ2n) is 4.60. The number of nitrogens with zero attached hydrogens (tertiary/aromatic N) is 1. The average Bonchev–Trinajstić information content (AvgIpc) is 2.93. The van der Waals surface area contributed by atoms with Crippen LogP contribution < -0.4 is 5.06 Å². The molecule has 3 rings (SSSR count). The van der Waals surface area contributed by atoms with E-state index in [9.17, 15) is 4.79 Å². The van der Waals surface area contributed by atoms with Crippen LogP contribution in [0, 0.1) is 0 Å². The van der Waals surface area contributed by atoms with Crippen LogP contribution in [-0.2, 0) is 9.63 Å². The lowest BCUT2D eigenvalue weighted by molar-refractivity contribution is -0.109. The van der Waals surface area contributed by atoms with E-state index in [1.54, 1.807) is 5.06 Å². The molecule has 1 saturated heterocycles. The standard InChI is InChI=1S/C16H15NO2/c18-11-16-15(13-7-3-1-4-8-13)12-19-17(16)14-9-5-2-6-10-14/h1-11,15-16H,12H2. The van der Waals surface area contributed by atoms with Gasteiger partial charge in [-0.2, -0.15) is 0 Å². The van der Waals surface area contributed by atoms with Gasteiger partial charge in [0.05, 0.1) is 12.3 Å². The van der Waals surface area contributed by atoms with Crippen molar-refractivity contribution in [1.29, 1.82) is 0 Å². The quantitative estimate of drug-likeness (QED) is 0.788. The molecule has 3 nitrogen and oxygen atoms in total. The molecule has 19 heavy (non-hydrogen) atoms. The Bertz CT molecular complexity index is 494. The van der Waals surface area contributed by atoms with Crippen LogP contribution in [0.1, 0.15) is 11.5 Å². The van der Waals surface area contributed by atoms with Gasteiger partial charge in [0.2, 0.25) is 0 Å². The molecule has 1 fully saturated rings. The first-order valence-electron chi connectivity index (χ1n) is 6.37. The lowest BCUT2D eigenvalue weighted by Gasteiger charge is -2.22. The van der Waals surface area contributed by atoms with E-state index in [1.807, 2.05) is 60.7 Å². The van der Waals surface area contributed by atoms with E-state index < -0.39 is 0 Å². The van der Waals surface area contributed by atoms with Crippen LogP contribution in [0.3, 0.4) is 0 Å². The maximum Gasteiger partial charge on any atom is 0.145 e. The Balaban J connectivity index is 1.89. The van der Waals surface area contributed by atoms with Crippen LogP contribution in [-0.4, -0.2) is 18.9 Å². The molecule has 0 aliphatic carbocycles. The maximum atomic E-state index is 11.5. The van der Waals surface area contributed by atoms with Gasteiger partial charge in [-0.1, -0.05) is 48.5 Å². The van der Waals surface area contributed by atoms with E-state index in [0.717, 1.165) is 17.5 Å². The predicted molar refractivity (Wildman–Crippen MR) is 73.9 cm³/mol. The van der Waals surface area contributed by atoms with Crippen molar-refractivity contribution in [3.05, 3.63) is 66.2 Å². The highest BCUT2D eigenvalue weighted by atomic mass is 16.7. The molecule has 2 aromatic rings. The second-order valence-corrected chi connectivity index (χ2v) is 4.60. The number of hydrogen-bond acceptors (Lipinski definition) is 3. The summed E-state index contributed by atoms with van der Waals surface area (Å²) in [4.78, 5) is 17.2. The van der Waals surface area contributed by atoms with Gasteiger partial charge in [0, 0.05) is 5.92 Å². The number of hydroxylamine groups is 1. The van der Waals surface area contributed by atoms with Crippen LogP contribution in [0.5, 0.6) is 0 Å². The molecule has 0 saturated carbocycles. The van der Waals surface area contributed by atoms with Gasteiger partial charge in [-0.05, 0) is 17.7 Å². The Hall–Kier alpha value is -2.13. The monoisotopic (exact) mass is 253 g/mol. The minimum atomic E-state index is -0.273. The number of carbonyl (C=O) groups is 1. The number of benzene rings is 2. The van der Waals surface area contributed by atoms with Crippen LogP contribution in [0.25, 0.3) is 0 Å². The summed E-state index contributed by atoms with van der Waals surface area (Å²) in [5.41, 5.74) is 2.05. The molecule has 1 aliphatic rings. The zero-order valence-corrected chi connectivity index (χ0v) is 10.5. The second kappa shape index (κ2) is 5.24. The third kappa shape index (κ3) is 2.25. The molecule has 1 heterocycles. The van der Waals surface area contributed by atoms with E-state index in [2.05, 4.69) is 0 Å². The summed E-state index contributed by atoms with van der Waals surface area (Å²) < 4.78 is 0. The Labute approximate surface area is 112 Å². The van der Waals surface area contributed by atoms with Crippen molar-refractivity contribution in [3.8, 4) is 0 Å². The van der Waals surface area contributed by atoms with Crippen molar-refractivity contribution in [2.75, 3.05) is 11.7 Å². The molecule has 0 bridgehead atoms. The van der Waals surface area contributed by atoms with Crippen molar-refractivity contribution in [2.45, 2.75) is 12.0 Å². The van der Waals surface area contributed by atoms with Crippen molar-refractivity contribution < 1.29 is 9.63 Å². The molecule has 0 spiro atoms. The van der Waals surface area contributed by atoms with Gasteiger partial charge in [0.15, 0.2) is 0 Å². The highest BCUT2D eigenvalue weighted by Crippen LogP contribution is 2.33. The summed E-state index contributed by atoms with van der Waals surface area (Å²) >= 11 is 0. The highest BCUT2D eigenvalue weighted by molar-refractivity contribution is 5.68. The molecule has 96 valence electrons. The van der Waals surface area contributed by atoms with Crippen molar-refractivity contribution in [1.82, 2.24) is 0 Å². The SMILES string of the molecule is O=CC1C(c2ccccc2)CON1c1ccccc1. The minimum Gasteiger partial charge on any atom is -0.301 e. The van der Waals surface area contributed by atoms with Gasteiger partial charge in [-0.3, -0.25) is 4.84 Å². The van der Waals surface area contributed by atoms with Gasteiger partial charge in [0.1, 0.15) is 12.3 Å². The zero-order chi connectivity index (χ0) is 13.1. The Kier molecular flexibility index (Phi) is 3.29. The van der Waals surface area contributed by atoms with Crippen LogP contribution in [0.4, 0.5) is 5.69 Å². The van der Waals surface area contributed by atoms with Crippen molar-refractivity contribution in [2.24, 2.45) is 0 Å². The van der Waals surface area contributed by atoms with Gasteiger partial charge in [0.25, 0.3) is 0 Å². The topological polar surface area (TPSA) is 29.5 Å². The fraction of sp³-hybridized carbons (Fsp3) is 0.188. The first-order valence-corrected chi connectivity index (χ1v) is 6.37. The number of carbonyl (C=O) groups excluding carboxylic acids is 1. The molecular formula is C16H15NO2. The average molecular weight is 253 g/mol. The fourth-order valence-corrected chi connectivity index (χ4v) is 2.47. The smallest absolute Gasteiger partial charge is 0.145 e. The number of para-hydroxylation sites is 1. The summed E-state index contributed by atoms with van der Waals surface area (Å²) in [6.07, 6.45) is 0.970. The first kappa shape index (κ1) is 11.9. The highest BCUT2D eigenvalue weighted by Gasteiger charge is 2.36. The van der Waals surface area contributed by atoms with Gasteiger partial charge < -0.3 is 4.79 Å². The summed E-state index contributed by atoms with van der Waals surface area (Å²) in [5.74, 6) is 0.0823. The summed E-state index contributed by atoms with van der Waals surface area (Å²) in [5, 5.41) is 1.71. The van der Waals surface area contributed by atoms with E-state index in [4.69, 9.17) is 4.84 Å². The number of hydrogen-bond donors (Lipinski definition) is 0. The van der Waals surface area contributed by atoms with Crippen LogP contribution >= 0.6 is 0 Å². The van der Waals surface area contributed by atoms with Crippen LogP contribution in [0.15, 0.2) is 60.7 Å². The summed E-state index contributed by atoms with van der Waals surface area (Å²) in [6, 6.07) is 19.5. The van der Waals surface area contributed by atoms with E-state index in [0.29, 0.717) is 6.61 Å². The first-order chi connectivity index (χ1) is 9.40. The molecule has 2 unspecified atom stereocenters. The van der Waals surface area contributed by atoms with Gasteiger partial charge in [-0.15, -0.1) is 0 Å². The summed E-state index contributed by atoms with van der Waals surface area (Å²) in [7, 11) is 0. The number of aldehydes is 1. The molecular weight excluding hydrogens is 238 g/mol. The fourth-order valence-electron chi connectivity index (χ4n) is 2.47. The maximum absolute atomic E-state index is 11.5. The number of anilines is 1. The molecule has 0 N–H and O–H groups in total. The lowest BCUT2D eigenvalue weighted by Crippen LogP contribution is -2.32. The number of rotatable bonds is 3. The Morgan fingerprint density at radius 1 is 1.00 bits per heavy atom. The van der Waals surface area contributed by atoms with Crippen molar-refractivity contribution >= 4 is 12.0 Å². The molecule has 0 radical (unpaired) electrons. The van der Waals surface area contributed by atoms with E-state index in [1.165, 1.54) is 0 Å². The molecule has 2 aromatic carbocycles. The third-order valence-corrected chi connectivity index (χ3v) is 3.45. The lowest BCUT2D eigenvalue weighted by atomic mass is 9.93. The molecule has 1 aliphatic heterocycles. The normalized spacial score (nSPS) is 22.4. The van der Waals surface area contributed by atoms with Crippen molar-refractivity contribution in [3.63, 3.8) is 0 Å². The minimum absolute atomic E-state index is 0.0823. The Morgan fingerprint density at radius 3 is 2.26 bits per heavy atom. The van der Waals surface area contributed by atoms with Gasteiger partial charge in [-0.25, -0.2) is 5.06 Å².